The van der Waals surface area contributed by atoms with Gasteiger partial charge in [-0.15, -0.1) is 11.3 Å². The van der Waals surface area contributed by atoms with Crippen LogP contribution < -0.4 is 0 Å². The standard InChI is InChI=1S/C24H33N3O3S/c1-17-21(31-20(25-17)15-18-9-7-6-8-10-18)22(28)27-13-11-19(12-14-27)16-26(5)23(29)30-24(2,3)4/h6-10,19H,11-16H2,1-5H3. The number of carbonyl (C=O) groups excluding carboxylic acids is 2. The van der Waals surface area contributed by atoms with Crippen molar-refractivity contribution in [2.45, 2.75) is 52.6 Å². The third kappa shape index (κ3) is 6.53. The van der Waals surface area contributed by atoms with Crippen molar-refractivity contribution in [3.63, 3.8) is 0 Å². The minimum Gasteiger partial charge on any atom is -0.444 e. The third-order valence-corrected chi connectivity index (χ3v) is 6.52. The molecule has 0 spiro atoms. The highest BCUT2D eigenvalue weighted by molar-refractivity contribution is 7.13. The first-order chi connectivity index (χ1) is 14.6. The molecule has 1 aromatic heterocycles. The van der Waals surface area contributed by atoms with Crippen molar-refractivity contribution >= 4 is 23.3 Å². The Balaban J connectivity index is 1.53. The summed E-state index contributed by atoms with van der Waals surface area (Å²) >= 11 is 1.50. The van der Waals surface area contributed by atoms with Crippen molar-refractivity contribution in [3.8, 4) is 0 Å². The fourth-order valence-electron chi connectivity index (χ4n) is 3.76. The number of likely N-dealkylation sites (tertiary alicyclic amines) is 1. The second-order valence-corrected chi connectivity index (χ2v) is 10.4. The Labute approximate surface area is 189 Å². The zero-order valence-electron chi connectivity index (χ0n) is 19.2. The van der Waals surface area contributed by atoms with Crippen molar-refractivity contribution in [3.05, 3.63) is 51.5 Å². The van der Waals surface area contributed by atoms with Gasteiger partial charge in [-0.05, 0) is 52.0 Å². The average molecular weight is 444 g/mol. The van der Waals surface area contributed by atoms with Gasteiger partial charge >= 0.3 is 6.09 Å². The fourth-order valence-corrected chi connectivity index (χ4v) is 4.83. The van der Waals surface area contributed by atoms with Crippen molar-refractivity contribution in [1.82, 2.24) is 14.8 Å². The zero-order valence-corrected chi connectivity index (χ0v) is 20.0. The first kappa shape index (κ1) is 23.3. The molecule has 7 heteroatoms. The molecule has 0 aliphatic carbocycles. The molecule has 168 valence electrons. The summed E-state index contributed by atoms with van der Waals surface area (Å²) in [5.41, 5.74) is 1.52. The van der Waals surface area contributed by atoms with Crippen LogP contribution in [0, 0.1) is 12.8 Å². The lowest BCUT2D eigenvalue weighted by atomic mass is 9.96. The second kappa shape index (κ2) is 9.81. The van der Waals surface area contributed by atoms with Crippen molar-refractivity contribution < 1.29 is 14.3 Å². The van der Waals surface area contributed by atoms with Crippen LogP contribution >= 0.6 is 11.3 Å². The minimum atomic E-state index is -0.493. The van der Waals surface area contributed by atoms with Crippen LogP contribution in [0.3, 0.4) is 0 Å². The Hall–Kier alpha value is -2.41. The number of carbonyl (C=O) groups is 2. The Morgan fingerprint density at radius 3 is 2.45 bits per heavy atom. The Morgan fingerprint density at radius 1 is 1.19 bits per heavy atom. The number of aromatic nitrogens is 1. The maximum absolute atomic E-state index is 13.1. The maximum Gasteiger partial charge on any atom is 0.410 e. The summed E-state index contributed by atoms with van der Waals surface area (Å²) in [6.45, 7) is 9.59. The highest BCUT2D eigenvalue weighted by atomic mass is 32.1. The molecule has 0 unspecified atom stereocenters. The number of piperidine rings is 1. The molecular weight excluding hydrogens is 410 g/mol. The Bertz CT molecular complexity index is 897. The van der Waals surface area contributed by atoms with E-state index in [1.807, 2.05) is 50.8 Å². The van der Waals surface area contributed by atoms with Crippen LogP contribution in [0.25, 0.3) is 0 Å². The normalized spacial score (nSPS) is 15.1. The summed E-state index contributed by atoms with van der Waals surface area (Å²) in [6, 6.07) is 10.2. The monoisotopic (exact) mass is 443 g/mol. The number of benzene rings is 1. The lowest BCUT2D eigenvalue weighted by molar-refractivity contribution is 0.0246. The molecule has 0 radical (unpaired) electrons. The largest absolute Gasteiger partial charge is 0.444 e. The van der Waals surface area contributed by atoms with E-state index in [9.17, 15) is 9.59 Å². The van der Waals surface area contributed by atoms with E-state index in [2.05, 4.69) is 17.1 Å². The van der Waals surface area contributed by atoms with Crippen LogP contribution in [-0.2, 0) is 11.2 Å². The molecule has 0 bridgehead atoms. The Morgan fingerprint density at radius 2 is 1.84 bits per heavy atom. The number of rotatable bonds is 5. The quantitative estimate of drug-likeness (QED) is 0.668. The van der Waals surface area contributed by atoms with E-state index in [0.717, 1.165) is 34.8 Å². The van der Waals surface area contributed by atoms with Crippen LogP contribution in [0.5, 0.6) is 0 Å². The van der Waals surface area contributed by atoms with Crippen LogP contribution in [0.2, 0.25) is 0 Å². The van der Waals surface area contributed by atoms with E-state index < -0.39 is 5.60 Å². The molecule has 0 saturated carbocycles. The van der Waals surface area contributed by atoms with Gasteiger partial charge in [0.05, 0.1) is 10.7 Å². The minimum absolute atomic E-state index is 0.0771. The first-order valence-corrected chi connectivity index (χ1v) is 11.7. The lowest BCUT2D eigenvalue weighted by Gasteiger charge is -2.34. The predicted molar refractivity (Wildman–Crippen MR) is 124 cm³/mol. The number of aryl methyl sites for hydroxylation is 1. The van der Waals surface area contributed by atoms with E-state index in [4.69, 9.17) is 4.74 Å². The van der Waals surface area contributed by atoms with Crippen molar-refractivity contribution in [1.29, 1.82) is 0 Å². The summed E-state index contributed by atoms with van der Waals surface area (Å²) in [5.74, 6) is 0.450. The van der Waals surface area contributed by atoms with Gasteiger partial charge in [-0.2, -0.15) is 0 Å². The molecule has 3 rings (SSSR count). The lowest BCUT2D eigenvalue weighted by Crippen LogP contribution is -2.43. The predicted octanol–water partition coefficient (Wildman–Crippen LogP) is 4.76. The van der Waals surface area contributed by atoms with Gasteiger partial charge in [-0.1, -0.05) is 30.3 Å². The fraction of sp³-hybridized carbons (Fsp3) is 0.542. The summed E-state index contributed by atoms with van der Waals surface area (Å²) in [4.78, 5) is 34.2. The SMILES string of the molecule is Cc1nc(Cc2ccccc2)sc1C(=O)N1CCC(CN(C)C(=O)OC(C)(C)C)CC1. The van der Waals surface area contributed by atoms with Gasteiger partial charge in [-0.25, -0.2) is 9.78 Å². The maximum atomic E-state index is 13.1. The van der Waals surface area contributed by atoms with Crippen LogP contribution in [0.1, 0.15) is 59.5 Å². The third-order valence-electron chi connectivity index (χ3n) is 5.37. The Kier molecular flexibility index (Phi) is 7.36. The average Bonchev–Trinajstić information content (AvgIpc) is 3.07. The number of thiazole rings is 1. The van der Waals surface area contributed by atoms with Crippen LogP contribution in [-0.4, -0.2) is 59.1 Å². The molecule has 1 fully saturated rings. The van der Waals surface area contributed by atoms with Gasteiger partial charge in [0.25, 0.3) is 5.91 Å². The molecular formula is C24H33N3O3S. The van der Waals surface area contributed by atoms with Gasteiger partial charge in [0.1, 0.15) is 10.5 Å². The van der Waals surface area contributed by atoms with E-state index >= 15 is 0 Å². The molecule has 2 aromatic rings. The van der Waals surface area contributed by atoms with Gasteiger partial charge in [0, 0.05) is 33.1 Å². The highest BCUT2D eigenvalue weighted by Gasteiger charge is 2.28. The van der Waals surface area contributed by atoms with E-state index in [1.54, 1.807) is 11.9 Å². The van der Waals surface area contributed by atoms with Crippen molar-refractivity contribution in [2.75, 3.05) is 26.7 Å². The number of ether oxygens (including phenoxy) is 1. The highest BCUT2D eigenvalue weighted by Crippen LogP contribution is 2.26. The molecule has 1 saturated heterocycles. The molecule has 1 aliphatic rings. The van der Waals surface area contributed by atoms with Gasteiger partial charge < -0.3 is 14.5 Å². The molecule has 2 heterocycles. The summed E-state index contributed by atoms with van der Waals surface area (Å²) < 4.78 is 5.43. The van der Waals surface area contributed by atoms with E-state index in [-0.39, 0.29) is 12.0 Å². The van der Waals surface area contributed by atoms with Crippen molar-refractivity contribution in [2.24, 2.45) is 5.92 Å². The molecule has 31 heavy (non-hydrogen) atoms. The van der Waals surface area contributed by atoms with E-state index in [0.29, 0.717) is 25.6 Å². The molecule has 6 nitrogen and oxygen atoms in total. The molecule has 2 amide bonds. The van der Waals surface area contributed by atoms with Crippen LogP contribution in [0.4, 0.5) is 4.79 Å². The number of hydrogen-bond acceptors (Lipinski definition) is 5. The molecule has 0 N–H and O–H groups in total. The summed E-state index contributed by atoms with van der Waals surface area (Å²) in [6.07, 6.45) is 2.22. The number of amides is 2. The van der Waals surface area contributed by atoms with Gasteiger partial charge in [0.2, 0.25) is 0 Å². The summed E-state index contributed by atoms with van der Waals surface area (Å²) in [5, 5.41) is 0.973. The van der Waals surface area contributed by atoms with E-state index in [1.165, 1.54) is 16.9 Å². The topological polar surface area (TPSA) is 62.7 Å². The molecule has 1 aromatic carbocycles. The van der Waals surface area contributed by atoms with Gasteiger partial charge in [0.15, 0.2) is 0 Å². The smallest absolute Gasteiger partial charge is 0.410 e. The number of nitrogens with zero attached hydrogens (tertiary/aromatic N) is 3. The first-order valence-electron chi connectivity index (χ1n) is 10.9. The summed E-state index contributed by atoms with van der Waals surface area (Å²) in [7, 11) is 1.78. The van der Waals surface area contributed by atoms with Gasteiger partial charge in [-0.3, -0.25) is 4.79 Å². The molecule has 0 atom stereocenters. The molecule has 1 aliphatic heterocycles. The zero-order chi connectivity index (χ0) is 22.6. The second-order valence-electron chi connectivity index (χ2n) is 9.28. The number of hydrogen-bond donors (Lipinski definition) is 0. The van der Waals surface area contributed by atoms with Crippen LogP contribution in [0.15, 0.2) is 30.3 Å².